The molecule has 1 aromatic rings. The highest BCUT2D eigenvalue weighted by atomic mass is 16.2. The average Bonchev–Trinajstić information content (AvgIpc) is 2.53. The van der Waals surface area contributed by atoms with E-state index in [1.165, 1.54) is 31.2 Å². The van der Waals surface area contributed by atoms with Gasteiger partial charge in [-0.25, -0.2) is 5.43 Å². The van der Waals surface area contributed by atoms with Crippen LogP contribution in [0.2, 0.25) is 0 Å². The van der Waals surface area contributed by atoms with Crippen molar-refractivity contribution in [3.8, 4) is 0 Å². The topological polar surface area (TPSA) is 41.5 Å². The molecule has 0 radical (unpaired) electrons. The van der Waals surface area contributed by atoms with Gasteiger partial charge in [0.1, 0.15) is 0 Å². The maximum atomic E-state index is 11.6. The predicted octanol–water partition coefficient (Wildman–Crippen LogP) is 4.84. The number of amides is 1. The summed E-state index contributed by atoms with van der Waals surface area (Å²) in [5.41, 5.74) is 4.96. The molecule has 0 saturated heterocycles. The van der Waals surface area contributed by atoms with Crippen molar-refractivity contribution < 1.29 is 4.79 Å². The van der Waals surface area contributed by atoms with Crippen LogP contribution in [-0.4, -0.2) is 12.1 Å². The summed E-state index contributed by atoms with van der Waals surface area (Å²) in [6.45, 7) is 4.39. The third-order valence-electron chi connectivity index (χ3n) is 3.68. The van der Waals surface area contributed by atoms with E-state index in [9.17, 15) is 4.79 Å². The van der Waals surface area contributed by atoms with Crippen molar-refractivity contribution in [2.75, 3.05) is 0 Å². The van der Waals surface area contributed by atoms with Crippen molar-refractivity contribution in [2.24, 2.45) is 5.10 Å². The van der Waals surface area contributed by atoms with Crippen molar-refractivity contribution in [1.82, 2.24) is 5.43 Å². The first-order valence-electron chi connectivity index (χ1n) is 8.67. The molecule has 0 aliphatic rings. The zero-order valence-electron chi connectivity index (χ0n) is 14.1. The molecule has 0 fully saturated rings. The maximum Gasteiger partial charge on any atom is 0.240 e. The molecule has 0 unspecified atom stereocenters. The summed E-state index contributed by atoms with van der Waals surface area (Å²) < 4.78 is 0. The number of carbonyl (C=O) groups is 1. The van der Waals surface area contributed by atoms with Crippen LogP contribution < -0.4 is 5.43 Å². The molecule has 0 saturated carbocycles. The highest BCUT2D eigenvalue weighted by molar-refractivity contribution is 5.82. The quantitative estimate of drug-likeness (QED) is 0.355. The number of hydrogen-bond donors (Lipinski definition) is 1. The summed E-state index contributed by atoms with van der Waals surface area (Å²) in [5, 5.41) is 4.02. The Morgan fingerprint density at radius 1 is 1.00 bits per heavy atom. The Labute approximate surface area is 135 Å². The van der Waals surface area contributed by atoms with Crippen molar-refractivity contribution in [3.63, 3.8) is 0 Å². The molecule has 0 spiro atoms. The fourth-order valence-electron chi connectivity index (χ4n) is 2.36. The van der Waals surface area contributed by atoms with Crippen LogP contribution in [0.5, 0.6) is 0 Å². The molecule has 0 atom stereocenters. The number of nitrogens with one attached hydrogen (secondary N) is 1. The second-order valence-electron chi connectivity index (χ2n) is 5.80. The van der Waals surface area contributed by atoms with Gasteiger partial charge in [0.25, 0.3) is 0 Å². The van der Waals surface area contributed by atoms with E-state index in [1.54, 1.807) is 6.21 Å². The van der Waals surface area contributed by atoms with Crippen molar-refractivity contribution in [3.05, 3.63) is 35.4 Å². The van der Waals surface area contributed by atoms with Crippen LogP contribution in [0.25, 0.3) is 0 Å². The van der Waals surface area contributed by atoms with Crippen LogP contribution in [0.3, 0.4) is 0 Å². The fraction of sp³-hybridized carbons (Fsp3) is 0.579. The van der Waals surface area contributed by atoms with Crippen molar-refractivity contribution in [2.45, 2.75) is 71.6 Å². The monoisotopic (exact) mass is 302 g/mol. The zero-order chi connectivity index (χ0) is 16.0. The van der Waals surface area contributed by atoms with Gasteiger partial charge in [0.05, 0.1) is 6.21 Å². The Kier molecular flexibility index (Phi) is 10.0. The van der Waals surface area contributed by atoms with Crippen LogP contribution in [0.4, 0.5) is 0 Å². The summed E-state index contributed by atoms with van der Waals surface area (Å²) in [6.07, 6.45) is 11.7. The van der Waals surface area contributed by atoms with Crippen LogP contribution >= 0.6 is 0 Å². The standard InChI is InChI=1S/C19H30N2O/c1-3-5-6-7-8-9-11-19(22)21-20-16-18-14-12-17(10-4-2)13-15-18/h12-16H,3-11H2,1-2H3,(H,21,22)/b20-16+. The van der Waals surface area contributed by atoms with E-state index in [1.807, 2.05) is 12.1 Å². The van der Waals surface area contributed by atoms with Crippen molar-refractivity contribution in [1.29, 1.82) is 0 Å². The number of nitrogens with zero attached hydrogens (tertiary/aromatic N) is 1. The lowest BCUT2D eigenvalue weighted by Crippen LogP contribution is -2.16. The number of hydrogen-bond acceptors (Lipinski definition) is 2. The normalized spacial score (nSPS) is 11.0. The number of aryl methyl sites for hydroxylation is 1. The molecule has 1 rings (SSSR count). The number of unbranched alkanes of at least 4 members (excludes halogenated alkanes) is 5. The van der Waals surface area contributed by atoms with E-state index >= 15 is 0 Å². The van der Waals surface area contributed by atoms with Crippen LogP contribution in [0, 0.1) is 0 Å². The smallest absolute Gasteiger partial charge is 0.240 e. The van der Waals surface area contributed by atoms with E-state index in [2.05, 4.69) is 36.5 Å². The first-order valence-corrected chi connectivity index (χ1v) is 8.67. The van der Waals surface area contributed by atoms with E-state index in [0.717, 1.165) is 31.2 Å². The van der Waals surface area contributed by atoms with E-state index in [4.69, 9.17) is 0 Å². The minimum atomic E-state index is 0.00865. The Balaban J connectivity index is 2.17. The molecule has 0 aliphatic heterocycles. The summed E-state index contributed by atoms with van der Waals surface area (Å²) in [7, 11) is 0. The maximum absolute atomic E-state index is 11.6. The second kappa shape index (κ2) is 12.0. The zero-order valence-corrected chi connectivity index (χ0v) is 14.1. The van der Waals surface area contributed by atoms with Gasteiger partial charge in [-0.3, -0.25) is 4.79 Å². The van der Waals surface area contributed by atoms with Gasteiger partial charge in [0, 0.05) is 6.42 Å². The Hall–Kier alpha value is -1.64. The average molecular weight is 302 g/mol. The number of rotatable bonds is 11. The molecule has 3 nitrogen and oxygen atoms in total. The van der Waals surface area contributed by atoms with Gasteiger partial charge in [0.2, 0.25) is 5.91 Å². The SMILES string of the molecule is CCCCCCCCC(=O)N/N=C/c1ccc(CCC)cc1. The van der Waals surface area contributed by atoms with Crippen LogP contribution in [0.15, 0.2) is 29.4 Å². The van der Waals surface area contributed by atoms with E-state index < -0.39 is 0 Å². The molecule has 0 heterocycles. The lowest BCUT2D eigenvalue weighted by Gasteiger charge is -2.01. The third kappa shape index (κ3) is 8.60. The van der Waals surface area contributed by atoms with Gasteiger partial charge in [0.15, 0.2) is 0 Å². The van der Waals surface area contributed by atoms with Crippen LogP contribution in [0.1, 0.15) is 76.3 Å². The minimum Gasteiger partial charge on any atom is -0.273 e. The summed E-state index contributed by atoms with van der Waals surface area (Å²) in [4.78, 5) is 11.6. The van der Waals surface area contributed by atoms with E-state index in [0.29, 0.717) is 6.42 Å². The molecule has 3 heteroatoms. The molecule has 0 aromatic heterocycles. The first kappa shape index (κ1) is 18.4. The first-order chi connectivity index (χ1) is 10.8. The molecular weight excluding hydrogens is 272 g/mol. The molecule has 1 amide bonds. The summed E-state index contributed by atoms with van der Waals surface area (Å²) in [6, 6.07) is 8.30. The number of hydrazone groups is 1. The summed E-state index contributed by atoms with van der Waals surface area (Å²) >= 11 is 0. The minimum absolute atomic E-state index is 0.00865. The molecule has 0 aliphatic carbocycles. The lowest BCUT2D eigenvalue weighted by atomic mass is 10.1. The predicted molar refractivity (Wildman–Crippen MR) is 94.2 cm³/mol. The van der Waals surface area contributed by atoms with Gasteiger partial charge >= 0.3 is 0 Å². The largest absolute Gasteiger partial charge is 0.273 e. The second-order valence-corrected chi connectivity index (χ2v) is 5.80. The Morgan fingerprint density at radius 2 is 1.68 bits per heavy atom. The molecule has 1 aromatic carbocycles. The highest BCUT2D eigenvalue weighted by Crippen LogP contribution is 2.07. The molecule has 122 valence electrons. The summed E-state index contributed by atoms with van der Waals surface area (Å²) in [5.74, 6) is 0.00865. The Bertz CT molecular complexity index is 437. The van der Waals surface area contributed by atoms with E-state index in [-0.39, 0.29) is 5.91 Å². The van der Waals surface area contributed by atoms with Gasteiger partial charge in [-0.2, -0.15) is 5.10 Å². The fourth-order valence-corrected chi connectivity index (χ4v) is 2.36. The molecule has 0 bridgehead atoms. The van der Waals surface area contributed by atoms with Gasteiger partial charge in [-0.15, -0.1) is 0 Å². The number of carbonyl (C=O) groups excluding carboxylic acids is 1. The molecule has 1 N–H and O–H groups in total. The van der Waals surface area contributed by atoms with Crippen molar-refractivity contribution >= 4 is 12.1 Å². The lowest BCUT2D eigenvalue weighted by molar-refractivity contribution is -0.121. The molecule has 22 heavy (non-hydrogen) atoms. The van der Waals surface area contributed by atoms with Crippen LogP contribution in [-0.2, 0) is 11.2 Å². The van der Waals surface area contributed by atoms with Gasteiger partial charge < -0.3 is 0 Å². The third-order valence-corrected chi connectivity index (χ3v) is 3.68. The Morgan fingerprint density at radius 3 is 2.36 bits per heavy atom. The number of benzene rings is 1. The highest BCUT2D eigenvalue weighted by Gasteiger charge is 1.99. The van der Waals surface area contributed by atoms with Gasteiger partial charge in [-0.05, 0) is 24.0 Å². The molecular formula is C19H30N2O. The van der Waals surface area contributed by atoms with Gasteiger partial charge in [-0.1, -0.05) is 76.6 Å².